The molecule has 13 nitrogen and oxygen atoms in total. The first-order chi connectivity index (χ1) is 23.0. The van der Waals surface area contributed by atoms with Gasteiger partial charge in [-0.05, 0) is 83.9 Å². The molecule has 16 heteroatoms. The van der Waals surface area contributed by atoms with Gasteiger partial charge in [-0.15, -0.1) is 0 Å². The molecular weight excluding hydrogens is 664 g/mol. The summed E-state index contributed by atoms with van der Waals surface area (Å²) < 4.78 is 60.3. The summed E-state index contributed by atoms with van der Waals surface area (Å²) in [5.41, 5.74) is -2.61. The van der Waals surface area contributed by atoms with Crippen molar-refractivity contribution in [1.82, 2.24) is 25.6 Å². The average molecular weight is 708 g/mol. The van der Waals surface area contributed by atoms with Crippen LogP contribution in [-0.2, 0) is 29.1 Å². The molecule has 4 N–H and O–H groups in total. The van der Waals surface area contributed by atoms with Crippen molar-refractivity contribution < 1.29 is 45.9 Å². The van der Waals surface area contributed by atoms with Crippen LogP contribution in [0.4, 0.5) is 13.6 Å². The highest BCUT2D eigenvalue weighted by Crippen LogP contribution is 2.46. The lowest BCUT2D eigenvalue weighted by Gasteiger charge is -2.30. The molecule has 0 radical (unpaired) electrons. The summed E-state index contributed by atoms with van der Waals surface area (Å²) in [6.45, 7) is 4.84. The number of hydrogen-bond acceptors (Lipinski definition) is 8. The number of rotatable bonds is 6. The number of nitrogens with one attached hydrogen (secondary N) is 4. The Hall–Kier alpha value is -4.08. The minimum absolute atomic E-state index is 0.120. The van der Waals surface area contributed by atoms with E-state index in [4.69, 9.17) is 4.74 Å². The third-order valence-corrected chi connectivity index (χ3v) is 10.9. The Morgan fingerprint density at radius 2 is 1.76 bits per heavy atom. The fourth-order valence-electron chi connectivity index (χ4n) is 6.26. The Morgan fingerprint density at radius 3 is 2.43 bits per heavy atom. The summed E-state index contributed by atoms with van der Waals surface area (Å²) >= 11 is 0. The van der Waals surface area contributed by atoms with Crippen molar-refractivity contribution in [2.45, 2.75) is 113 Å². The summed E-state index contributed by atoms with van der Waals surface area (Å²) in [5, 5.41) is 7.37. The second-order valence-corrected chi connectivity index (χ2v) is 16.2. The van der Waals surface area contributed by atoms with Crippen molar-refractivity contribution in [1.29, 1.82) is 0 Å². The third-order valence-electron chi connectivity index (χ3n) is 9.09. The summed E-state index contributed by atoms with van der Waals surface area (Å²) in [6.07, 6.45) is 6.59. The van der Waals surface area contributed by atoms with Crippen LogP contribution in [-0.4, -0.2) is 84.1 Å². The number of alkyl carbamates (subject to hydrolysis) is 1. The molecule has 1 aromatic carbocycles. The second-order valence-electron chi connectivity index (χ2n) is 14.3. The van der Waals surface area contributed by atoms with E-state index in [1.807, 2.05) is 6.08 Å². The van der Waals surface area contributed by atoms with Crippen LogP contribution in [0.25, 0.3) is 0 Å². The standard InChI is InChI=1S/C33H43F2N5O8S/c1-32(2,3)48-31(45)37-25-10-8-6-4-5-7-9-20-17-33(20,30(44)39-49(46,47)22-12-13-22)38-28(42)26-16-21(18-40(26)29(25)43)36-27(41)19-11-14-23(34)24(35)15-19/h7,9,11,14-15,20-22,25-26H,4-6,8,10,12-13,16-18H2,1-3H3,(H,36,41)(H,37,45)(H,38,42)(H,39,44)/t20-,21-,25+,26+,33-/m1/s1. The van der Waals surface area contributed by atoms with Gasteiger partial charge in [0, 0.05) is 24.1 Å². The van der Waals surface area contributed by atoms with Gasteiger partial charge in [0.15, 0.2) is 11.6 Å². The van der Waals surface area contributed by atoms with E-state index in [9.17, 15) is 41.2 Å². The van der Waals surface area contributed by atoms with Crippen LogP contribution in [0.3, 0.4) is 0 Å². The normalized spacial score (nSPS) is 27.8. The van der Waals surface area contributed by atoms with Crippen molar-refractivity contribution in [2.24, 2.45) is 5.92 Å². The highest BCUT2D eigenvalue weighted by molar-refractivity contribution is 7.91. The fourth-order valence-corrected chi connectivity index (χ4v) is 7.62. The second kappa shape index (κ2) is 14.0. The fraction of sp³-hybridized carbons (Fsp3) is 0.606. The van der Waals surface area contributed by atoms with Crippen molar-refractivity contribution >= 4 is 39.7 Å². The van der Waals surface area contributed by atoms with Gasteiger partial charge in [-0.25, -0.2) is 22.0 Å². The zero-order chi connectivity index (χ0) is 35.7. The monoisotopic (exact) mass is 707 g/mol. The predicted octanol–water partition coefficient (Wildman–Crippen LogP) is 2.56. The highest BCUT2D eigenvalue weighted by atomic mass is 32.2. The largest absolute Gasteiger partial charge is 0.444 e. The molecule has 2 saturated carbocycles. The van der Waals surface area contributed by atoms with Crippen molar-refractivity contribution in [3.8, 4) is 0 Å². The van der Waals surface area contributed by atoms with Gasteiger partial charge in [0.25, 0.3) is 11.8 Å². The van der Waals surface area contributed by atoms with Crippen molar-refractivity contribution in [3.05, 3.63) is 47.5 Å². The van der Waals surface area contributed by atoms with Gasteiger partial charge in [-0.2, -0.15) is 0 Å². The summed E-state index contributed by atoms with van der Waals surface area (Å²) in [5.74, 6) is -5.86. The summed E-state index contributed by atoms with van der Waals surface area (Å²) in [6, 6.07) is -0.542. The molecule has 1 saturated heterocycles. The zero-order valence-corrected chi connectivity index (χ0v) is 28.5. The minimum Gasteiger partial charge on any atom is -0.444 e. The van der Waals surface area contributed by atoms with Crippen LogP contribution in [0.2, 0.25) is 0 Å². The smallest absolute Gasteiger partial charge is 0.408 e. The van der Waals surface area contributed by atoms with E-state index in [2.05, 4.69) is 20.7 Å². The number of allylic oxidation sites excluding steroid dienone is 1. The summed E-state index contributed by atoms with van der Waals surface area (Å²) in [4.78, 5) is 68.8. The molecule has 1 aromatic rings. The Kier molecular flexibility index (Phi) is 10.4. The SMILES string of the molecule is CC(C)(C)OC(=O)N[C@H]1CCCCCC=C[C@@H]2C[C@@]2(C(=O)NS(=O)(=O)C2CC2)NC(=O)[C@@H]2C[C@@H](NC(=O)c3ccc(F)c(F)c3)CN2C1=O. The van der Waals surface area contributed by atoms with Crippen LogP contribution in [0, 0.1) is 17.6 Å². The van der Waals surface area contributed by atoms with Crippen LogP contribution in [0.5, 0.6) is 0 Å². The van der Waals surface area contributed by atoms with Gasteiger partial charge in [0.1, 0.15) is 23.2 Å². The number of hydrogen-bond donors (Lipinski definition) is 4. The quantitative estimate of drug-likeness (QED) is 0.326. The number of fused-ring (bicyclic) bond motifs is 2. The Morgan fingerprint density at radius 1 is 1.02 bits per heavy atom. The van der Waals surface area contributed by atoms with Crippen LogP contribution >= 0.6 is 0 Å². The number of sulfonamides is 1. The lowest BCUT2D eigenvalue weighted by Crippen LogP contribution is -2.58. The number of ether oxygens (including phenoxy) is 1. The first-order valence-electron chi connectivity index (χ1n) is 16.6. The highest BCUT2D eigenvalue weighted by Gasteiger charge is 2.62. The van der Waals surface area contributed by atoms with E-state index in [0.717, 1.165) is 24.6 Å². The molecule has 5 rings (SSSR count). The molecule has 5 atom stereocenters. The van der Waals surface area contributed by atoms with Gasteiger partial charge < -0.3 is 25.6 Å². The van der Waals surface area contributed by atoms with E-state index in [1.165, 1.54) is 4.90 Å². The number of amides is 5. The van der Waals surface area contributed by atoms with E-state index in [-0.39, 0.29) is 31.4 Å². The molecule has 5 amide bonds. The summed E-state index contributed by atoms with van der Waals surface area (Å²) in [7, 11) is -3.93. The van der Waals surface area contributed by atoms with Gasteiger partial charge in [0.2, 0.25) is 21.8 Å². The van der Waals surface area contributed by atoms with Crippen molar-refractivity contribution in [3.63, 3.8) is 0 Å². The van der Waals surface area contributed by atoms with E-state index >= 15 is 0 Å². The van der Waals surface area contributed by atoms with Gasteiger partial charge >= 0.3 is 6.09 Å². The average Bonchev–Trinajstić information content (AvgIpc) is 3.93. The lowest BCUT2D eigenvalue weighted by atomic mass is 10.0. The van der Waals surface area contributed by atoms with Gasteiger partial charge in [-0.3, -0.25) is 23.9 Å². The van der Waals surface area contributed by atoms with Gasteiger partial charge in [-0.1, -0.05) is 25.0 Å². The van der Waals surface area contributed by atoms with Crippen LogP contribution < -0.4 is 20.7 Å². The topological polar surface area (TPSA) is 180 Å². The molecule has 4 aliphatic rings. The van der Waals surface area contributed by atoms with Gasteiger partial charge in [0.05, 0.1) is 5.25 Å². The predicted molar refractivity (Wildman–Crippen MR) is 172 cm³/mol. The number of benzene rings is 1. The molecule has 2 heterocycles. The third kappa shape index (κ3) is 8.75. The molecule has 3 fully saturated rings. The maximum atomic E-state index is 14.2. The number of nitrogens with zero attached hydrogens (tertiary/aromatic N) is 1. The maximum Gasteiger partial charge on any atom is 0.408 e. The first kappa shape index (κ1) is 36.2. The van der Waals surface area contributed by atoms with Crippen molar-refractivity contribution in [2.75, 3.05) is 6.54 Å². The Labute approximate surface area is 284 Å². The zero-order valence-electron chi connectivity index (χ0n) is 27.7. The molecule has 0 unspecified atom stereocenters. The molecule has 0 spiro atoms. The first-order valence-corrected chi connectivity index (χ1v) is 18.1. The Bertz CT molecular complexity index is 1640. The molecule has 268 valence electrons. The van der Waals surface area contributed by atoms with E-state index in [0.29, 0.717) is 32.1 Å². The molecule has 49 heavy (non-hydrogen) atoms. The Balaban J connectivity index is 1.43. The van der Waals surface area contributed by atoms with E-state index in [1.54, 1.807) is 26.8 Å². The lowest BCUT2D eigenvalue weighted by molar-refractivity contribution is -0.141. The molecule has 0 aromatic heterocycles. The minimum atomic E-state index is -3.93. The number of carbonyl (C=O) groups excluding carboxylic acids is 5. The maximum absolute atomic E-state index is 14.2. The number of halogens is 2. The molecular formula is C33H43F2N5O8S. The molecule has 0 bridgehead atoms. The van der Waals surface area contributed by atoms with Crippen LogP contribution in [0.1, 0.15) is 88.9 Å². The number of carbonyl (C=O) groups is 5. The van der Waals surface area contributed by atoms with E-state index < -0.39 is 91.8 Å². The molecule has 2 aliphatic heterocycles. The van der Waals surface area contributed by atoms with Crippen LogP contribution in [0.15, 0.2) is 30.4 Å². The molecule has 2 aliphatic carbocycles.